The average molecular weight is 368 g/mol. The summed E-state index contributed by atoms with van der Waals surface area (Å²) in [7, 11) is 0. The number of hydrogen-bond acceptors (Lipinski definition) is 4. The van der Waals surface area contributed by atoms with Crippen LogP contribution in [0.1, 0.15) is 40.0 Å². The molecule has 3 N–H and O–H groups in total. The van der Waals surface area contributed by atoms with Crippen LogP contribution in [0, 0.1) is 40.4 Å². The Kier molecular flexibility index (Phi) is 4.09. The van der Waals surface area contributed by atoms with E-state index in [1.807, 2.05) is 19.9 Å². The Morgan fingerprint density at radius 2 is 2.07 bits per heavy atom. The van der Waals surface area contributed by atoms with Gasteiger partial charge in [0, 0.05) is 16.7 Å². The molecule has 7 atom stereocenters. The highest BCUT2D eigenvalue weighted by molar-refractivity contribution is 6.01. The standard InChI is InChI=1S/C23H28O4/c1-14-11-16-17-6-9-23(27,7-4-10-24)22(17,3)13-19(26)20(16)21(2)8-5-15(25)12-18(14)21/h5,8,11-12,16-17,19-20,24,26-27H,6,9-10,13H2,1-3H3/t16-,17-,19-,20+,21-,22-,23-/m0/s1. The van der Waals surface area contributed by atoms with E-state index in [2.05, 4.69) is 24.8 Å². The van der Waals surface area contributed by atoms with Gasteiger partial charge in [-0.15, -0.1) is 0 Å². The van der Waals surface area contributed by atoms with Gasteiger partial charge < -0.3 is 15.3 Å². The third-order valence-electron chi connectivity index (χ3n) is 7.90. The third kappa shape index (κ3) is 2.38. The highest BCUT2D eigenvalue weighted by Crippen LogP contribution is 2.66. The minimum atomic E-state index is -1.19. The van der Waals surface area contributed by atoms with E-state index in [1.165, 1.54) is 0 Å². The minimum absolute atomic E-state index is 0.00154. The molecule has 27 heavy (non-hydrogen) atoms. The molecule has 0 spiro atoms. The number of carbonyl (C=O) groups excluding carboxylic acids is 1. The van der Waals surface area contributed by atoms with Crippen molar-refractivity contribution in [1.29, 1.82) is 0 Å². The summed E-state index contributed by atoms with van der Waals surface area (Å²) in [5.74, 6) is 5.83. The van der Waals surface area contributed by atoms with Crippen LogP contribution in [-0.4, -0.2) is 39.4 Å². The number of rotatable bonds is 0. The number of fused-ring (bicyclic) bond motifs is 5. The Hall–Kier alpha value is -1.67. The van der Waals surface area contributed by atoms with Gasteiger partial charge in [-0.3, -0.25) is 4.79 Å². The molecule has 0 heterocycles. The number of aliphatic hydroxyl groups is 3. The van der Waals surface area contributed by atoms with Crippen LogP contribution in [0.2, 0.25) is 0 Å². The molecule has 0 aliphatic heterocycles. The second-order valence-electron chi connectivity index (χ2n) is 9.18. The van der Waals surface area contributed by atoms with E-state index in [4.69, 9.17) is 5.11 Å². The minimum Gasteiger partial charge on any atom is -0.393 e. The normalized spacial score (nSPS) is 47.9. The third-order valence-corrected chi connectivity index (χ3v) is 7.90. The Morgan fingerprint density at radius 1 is 1.33 bits per heavy atom. The molecule has 0 saturated heterocycles. The molecule has 0 aromatic rings. The fraction of sp³-hybridized carbons (Fsp3) is 0.609. The fourth-order valence-corrected chi connectivity index (χ4v) is 6.59. The monoisotopic (exact) mass is 368 g/mol. The second kappa shape index (κ2) is 5.91. The van der Waals surface area contributed by atoms with Crippen molar-refractivity contribution in [2.45, 2.75) is 51.7 Å². The van der Waals surface area contributed by atoms with Crippen molar-refractivity contribution in [2.75, 3.05) is 6.61 Å². The summed E-state index contributed by atoms with van der Waals surface area (Å²) in [6, 6.07) is 0. The Labute approximate surface area is 160 Å². The van der Waals surface area contributed by atoms with Crippen molar-refractivity contribution in [3.05, 3.63) is 35.5 Å². The molecule has 4 aliphatic carbocycles. The maximum atomic E-state index is 11.9. The van der Waals surface area contributed by atoms with Crippen LogP contribution < -0.4 is 0 Å². The van der Waals surface area contributed by atoms with Crippen molar-refractivity contribution in [3.63, 3.8) is 0 Å². The molecule has 0 unspecified atom stereocenters. The molecule has 4 nitrogen and oxygen atoms in total. The first-order chi connectivity index (χ1) is 12.7. The summed E-state index contributed by atoms with van der Waals surface area (Å²) >= 11 is 0. The molecule has 4 heteroatoms. The molecular formula is C23H28O4. The predicted molar refractivity (Wildman–Crippen MR) is 102 cm³/mol. The number of allylic oxidation sites excluding steroid dienone is 6. The molecule has 0 aromatic carbocycles. The van der Waals surface area contributed by atoms with E-state index in [0.717, 1.165) is 17.6 Å². The van der Waals surface area contributed by atoms with Gasteiger partial charge in [0.05, 0.1) is 6.10 Å². The lowest BCUT2D eigenvalue weighted by atomic mass is 9.47. The lowest BCUT2D eigenvalue weighted by molar-refractivity contribution is -0.129. The summed E-state index contributed by atoms with van der Waals surface area (Å²) in [5.41, 5.74) is -0.00531. The predicted octanol–water partition coefficient (Wildman–Crippen LogP) is 2.16. The van der Waals surface area contributed by atoms with Crippen LogP contribution >= 0.6 is 0 Å². The van der Waals surface area contributed by atoms with Crippen LogP contribution in [0.3, 0.4) is 0 Å². The van der Waals surface area contributed by atoms with Crippen LogP contribution in [0.15, 0.2) is 35.5 Å². The smallest absolute Gasteiger partial charge is 0.178 e. The van der Waals surface area contributed by atoms with Crippen molar-refractivity contribution < 1.29 is 20.1 Å². The summed E-state index contributed by atoms with van der Waals surface area (Å²) < 4.78 is 0. The van der Waals surface area contributed by atoms with Gasteiger partial charge in [0.1, 0.15) is 12.2 Å². The van der Waals surface area contributed by atoms with Crippen molar-refractivity contribution in [1.82, 2.24) is 0 Å². The highest BCUT2D eigenvalue weighted by atomic mass is 16.3. The van der Waals surface area contributed by atoms with Crippen LogP contribution in [-0.2, 0) is 4.79 Å². The first-order valence-corrected chi connectivity index (χ1v) is 9.82. The van der Waals surface area contributed by atoms with E-state index in [0.29, 0.717) is 12.8 Å². The number of aliphatic hydroxyl groups excluding tert-OH is 2. The van der Waals surface area contributed by atoms with E-state index in [-0.39, 0.29) is 35.6 Å². The molecule has 4 rings (SSSR count). The first-order valence-electron chi connectivity index (χ1n) is 9.82. The summed E-state index contributed by atoms with van der Waals surface area (Å²) in [4.78, 5) is 11.9. The topological polar surface area (TPSA) is 77.8 Å². The van der Waals surface area contributed by atoms with E-state index >= 15 is 0 Å². The van der Waals surface area contributed by atoms with E-state index < -0.39 is 17.1 Å². The van der Waals surface area contributed by atoms with Gasteiger partial charge in [-0.2, -0.15) is 0 Å². The molecule has 2 fully saturated rings. The van der Waals surface area contributed by atoms with Gasteiger partial charge in [-0.25, -0.2) is 0 Å². The SMILES string of the molecule is CC1=C[C@@H]2[C@H]([C@@H](O)C[C@@]3(C)[C@H]2CC[C@@]3(O)C#CCO)[C@@]2(C)C=CC(=O)C=C12. The second-order valence-corrected chi connectivity index (χ2v) is 9.18. The van der Waals surface area contributed by atoms with E-state index in [9.17, 15) is 15.0 Å². The number of carbonyl (C=O) groups is 1. The Bertz CT molecular complexity index is 840. The van der Waals surface area contributed by atoms with Crippen molar-refractivity contribution in [3.8, 4) is 11.8 Å². The van der Waals surface area contributed by atoms with Gasteiger partial charge in [-0.05, 0) is 55.7 Å². The molecule has 0 amide bonds. The van der Waals surface area contributed by atoms with Crippen molar-refractivity contribution in [2.24, 2.45) is 28.6 Å². The quantitative estimate of drug-likeness (QED) is 0.573. The fourth-order valence-electron chi connectivity index (χ4n) is 6.59. The molecule has 0 radical (unpaired) electrons. The van der Waals surface area contributed by atoms with Gasteiger partial charge in [0.15, 0.2) is 5.78 Å². The van der Waals surface area contributed by atoms with Crippen LogP contribution in [0.5, 0.6) is 0 Å². The zero-order valence-electron chi connectivity index (χ0n) is 16.2. The molecule has 4 aliphatic rings. The van der Waals surface area contributed by atoms with Crippen LogP contribution in [0.25, 0.3) is 0 Å². The van der Waals surface area contributed by atoms with E-state index in [1.54, 1.807) is 12.2 Å². The average Bonchev–Trinajstić information content (AvgIpc) is 2.86. The van der Waals surface area contributed by atoms with Crippen LogP contribution in [0.4, 0.5) is 0 Å². The van der Waals surface area contributed by atoms with Gasteiger partial charge in [0.25, 0.3) is 0 Å². The van der Waals surface area contributed by atoms with Gasteiger partial charge in [-0.1, -0.05) is 43.4 Å². The molecule has 0 aromatic heterocycles. The summed E-state index contributed by atoms with van der Waals surface area (Å²) in [6.07, 6.45) is 8.76. The molecule has 2 saturated carbocycles. The molecule has 0 bridgehead atoms. The van der Waals surface area contributed by atoms with Crippen molar-refractivity contribution >= 4 is 5.78 Å². The first kappa shape index (κ1) is 18.7. The Morgan fingerprint density at radius 3 is 2.78 bits per heavy atom. The van der Waals surface area contributed by atoms with Gasteiger partial charge in [0.2, 0.25) is 0 Å². The lowest BCUT2D eigenvalue weighted by Gasteiger charge is -2.58. The maximum Gasteiger partial charge on any atom is 0.178 e. The highest BCUT2D eigenvalue weighted by Gasteiger charge is 2.65. The largest absolute Gasteiger partial charge is 0.393 e. The maximum absolute atomic E-state index is 11.9. The molecule has 144 valence electrons. The zero-order valence-corrected chi connectivity index (χ0v) is 16.2. The van der Waals surface area contributed by atoms with Gasteiger partial charge >= 0.3 is 0 Å². The zero-order chi connectivity index (χ0) is 19.6. The molecular weight excluding hydrogens is 340 g/mol. The summed E-state index contributed by atoms with van der Waals surface area (Å²) in [6.45, 7) is 5.92. The summed E-state index contributed by atoms with van der Waals surface area (Å²) in [5, 5.41) is 31.6. The lowest BCUT2D eigenvalue weighted by Crippen LogP contribution is -2.58. The Balaban J connectivity index is 1.83. The number of hydrogen-bond donors (Lipinski definition) is 3. The number of ketones is 1.